The van der Waals surface area contributed by atoms with Gasteiger partial charge in [0, 0.05) is 58.5 Å². The van der Waals surface area contributed by atoms with Gasteiger partial charge in [-0.25, -0.2) is 29.3 Å². The molecule has 0 N–H and O–H groups in total. The Kier molecular flexibility index (Phi) is 12.9. The van der Waals surface area contributed by atoms with E-state index >= 15 is 0 Å². The minimum Gasteiger partial charge on any atom is -0.306 e. The lowest BCUT2D eigenvalue weighted by Crippen LogP contribution is -2.17. The quantitative estimate of drug-likeness (QED) is 0.125. The molecule has 2 aliphatic rings. The van der Waals surface area contributed by atoms with Crippen molar-refractivity contribution in [3.8, 4) is 11.4 Å². The number of benzene rings is 4. The molecular formula is C52H54N10S2. The Hall–Kier alpha value is -6.24. The average Bonchev–Trinajstić information content (AvgIpc) is 4.14. The maximum Gasteiger partial charge on any atom is 0.174 e. The van der Waals surface area contributed by atoms with Gasteiger partial charge >= 0.3 is 0 Å². The summed E-state index contributed by atoms with van der Waals surface area (Å²) in [6.07, 6.45) is 24.8. The van der Waals surface area contributed by atoms with Gasteiger partial charge in [0.15, 0.2) is 11.6 Å². The van der Waals surface area contributed by atoms with E-state index in [2.05, 4.69) is 152 Å². The molecule has 0 saturated carbocycles. The fraction of sp³-hybridized carbons (Fsp3) is 0.269. The summed E-state index contributed by atoms with van der Waals surface area (Å²) in [6.45, 7) is 10.1. The molecule has 0 saturated heterocycles. The van der Waals surface area contributed by atoms with Crippen molar-refractivity contribution in [1.82, 2.24) is 48.6 Å². The third kappa shape index (κ3) is 9.63. The lowest BCUT2D eigenvalue weighted by Gasteiger charge is -2.22. The van der Waals surface area contributed by atoms with Gasteiger partial charge in [-0.3, -0.25) is 0 Å². The standard InChI is InChI=1S/2C26H27N5S/c2*1-18-15-20(6-12-24(18)30-16-19(2)27-17-30)7-13-25-28-26-23(5-4-14-31(26)29-25)21-8-10-22(32-3)11-9-21/h2*6-13,15-17,23H,4-5,14H2,1-3H3/b2*13-7+/t2*23-/m10/s1. The Morgan fingerprint density at radius 1 is 0.531 bits per heavy atom. The second-order valence-corrected chi connectivity index (χ2v) is 18.4. The van der Waals surface area contributed by atoms with Gasteiger partial charge in [0.05, 0.1) is 24.0 Å². The molecule has 64 heavy (non-hydrogen) atoms. The fourth-order valence-electron chi connectivity index (χ4n) is 8.77. The smallest absolute Gasteiger partial charge is 0.174 e. The molecule has 4 aromatic heterocycles. The van der Waals surface area contributed by atoms with Gasteiger partial charge in [0.1, 0.15) is 11.6 Å². The monoisotopic (exact) mass is 882 g/mol. The molecule has 10 nitrogen and oxygen atoms in total. The van der Waals surface area contributed by atoms with E-state index in [1.807, 2.05) is 51.0 Å². The summed E-state index contributed by atoms with van der Waals surface area (Å²) in [5.74, 6) is 4.34. The van der Waals surface area contributed by atoms with Gasteiger partial charge in [0.2, 0.25) is 0 Å². The van der Waals surface area contributed by atoms with Crippen molar-refractivity contribution in [3.63, 3.8) is 0 Å². The van der Waals surface area contributed by atoms with E-state index in [-0.39, 0.29) is 0 Å². The minimum atomic E-state index is 0.314. The third-order valence-electron chi connectivity index (χ3n) is 12.1. The van der Waals surface area contributed by atoms with Gasteiger partial charge in [-0.05, 0) is 160 Å². The van der Waals surface area contributed by atoms with Gasteiger partial charge in [0.25, 0.3) is 0 Å². The van der Waals surface area contributed by atoms with Crippen LogP contribution in [0, 0.1) is 27.7 Å². The Bertz CT molecular complexity index is 2730. The van der Waals surface area contributed by atoms with Crippen molar-refractivity contribution in [3.05, 3.63) is 178 Å². The summed E-state index contributed by atoms with van der Waals surface area (Å²) >= 11 is 3.55. The first-order valence-corrected chi connectivity index (χ1v) is 24.4. The number of hydrogen-bond donors (Lipinski definition) is 0. The van der Waals surface area contributed by atoms with E-state index in [0.29, 0.717) is 11.8 Å². The van der Waals surface area contributed by atoms with Gasteiger partial charge < -0.3 is 9.13 Å². The Morgan fingerprint density at radius 3 is 1.31 bits per heavy atom. The van der Waals surface area contributed by atoms with Crippen LogP contribution in [0.1, 0.15) is 106 Å². The number of nitrogens with zero attached hydrogens (tertiary/aromatic N) is 10. The summed E-state index contributed by atoms with van der Waals surface area (Å²) in [5.41, 5.74) is 11.7. The Morgan fingerprint density at radius 2 is 0.953 bits per heavy atom. The summed E-state index contributed by atoms with van der Waals surface area (Å²) in [6, 6.07) is 30.7. The number of aryl methyl sites for hydroxylation is 6. The number of imidazole rings is 2. The first-order chi connectivity index (χ1) is 31.2. The summed E-state index contributed by atoms with van der Waals surface area (Å²) < 4.78 is 8.31. The van der Waals surface area contributed by atoms with E-state index in [0.717, 1.165) is 96.0 Å². The zero-order valence-corrected chi connectivity index (χ0v) is 39.0. The van der Waals surface area contributed by atoms with Crippen LogP contribution in [0.25, 0.3) is 35.7 Å². The van der Waals surface area contributed by atoms with Crippen molar-refractivity contribution >= 4 is 47.8 Å². The molecule has 0 spiro atoms. The highest BCUT2D eigenvalue weighted by Gasteiger charge is 2.26. The number of fused-ring (bicyclic) bond motifs is 2. The SMILES string of the molecule is CSc1ccc([C@@H]2CCCn3nc(/C=C/c4ccc(-n5cnc(C)c5)c(C)c4)nc32)cc1.CSc1ccc([C@H]2CCCn3nc(/C=C/c4ccc(-n5cnc(C)c5)c(C)c4)nc32)cc1. The molecule has 0 fully saturated rings. The predicted octanol–water partition coefficient (Wildman–Crippen LogP) is 11.8. The molecule has 324 valence electrons. The van der Waals surface area contributed by atoms with Crippen molar-refractivity contribution in [2.45, 2.75) is 88.1 Å². The van der Waals surface area contributed by atoms with Crippen LogP contribution in [-0.2, 0) is 13.1 Å². The van der Waals surface area contributed by atoms with E-state index in [1.165, 1.54) is 32.0 Å². The van der Waals surface area contributed by atoms with E-state index in [9.17, 15) is 0 Å². The van der Waals surface area contributed by atoms with Crippen LogP contribution in [0.5, 0.6) is 0 Å². The second kappa shape index (κ2) is 19.2. The third-order valence-corrected chi connectivity index (χ3v) is 13.6. The molecule has 4 aromatic carbocycles. The lowest BCUT2D eigenvalue weighted by atomic mass is 9.91. The van der Waals surface area contributed by atoms with E-state index in [1.54, 1.807) is 23.5 Å². The number of thioether (sulfide) groups is 2. The normalized spacial score (nSPS) is 15.9. The fourth-order valence-corrected chi connectivity index (χ4v) is 9.59. The van der Waals surface area contributed by atoms with Gasteiger partial charge in [-0.2, -0.15) is 10.2 Å². The van der Waals surface area contributed by atoms with Crippen LogP contribution >= 0.6 is 23.5 Å². The van der Waals surface area contributed by atoms with Crippen LogP contribution in [-0.4, -0.2) is 61.1 Å². The van der Waals surface area contributed by atoms with Crippen molar-refractivity contribution in [1.29, 1.82) is 0 Å². The van der Waals surface area contributed by atoms with Crippen LogP contribution < -0.4 is 0 Å². The van der Waals surface area contributed by atoms with E-state index in [4.69, 9.17) is 20.2 Å². The molecule has 12 heteroatoms. The lowest BCUT2D eigenvalue weighted by molar-refractivity contribution is 0.445. The maximum absolute atomic E-state index is 4.90. The molecule has 0 bridgehead atoms. The second-order valence-electron chi connectivity index (χ2n) is 16.6. The molecule has 10 rings (SSSR count). The molecule has 2 atom stereocenters. The number of aromatic nitrogens is 10. The van der Waals surface area contributed by atoms with Crippen LogP contribution in [0.4, 0.5) is 0 Å². The minimum absolute atomic E-state index is 0.314. The first-order valence-electron chi connectivity index (χ1n) is 22.0. The van der Waals surface area contributed by atoms with Crippen LogP contribution in [0.2, 0.25) is 0 Å². The summed E-state index contributed by atoms with van der Waals surface area (Å²) in [4.78, 5) is 21.0. The molecule has 0 aliphatic carbocycles. The largest absolute Gasteiger partial charge is 0.306 e. The topological polar surface area (TPSA) is 97.1 Å². The molecular weight excluding hydrogens is 829 g/mol. The number of hydrogen-bond acceptors (Lipinski definition) is 8. The highest BCUT2D eigenvalue weighted by molar-refractivity contribution is 7.98. The molecule has 0 radical (unpaired) electrons. The summed E-state index contributed by atoms with van der Waals surface area (Å²) in [7, 11) is 0. The maximum atomic E-state index is 4.90. The molecule has 0 amide bonds. The zero-order valence-electron chi connectivity index (χ0n) is 37.4. The van der Waals surface area contributed by atoms with E-state index < -0.39 is 0 Å². The number of rotatable bonds is 10. The highest BCUT2D eigenvalue weighted by atomic mass is 32.2. The van der Waals surface area contributed by atoms with Crippen molar-refractivity contribution in [2.24, 2.45) is 0 Å². The summed E-state index contributed by atoms with van der Waals surface area (Å²) in [5, 5.41) is 9.54. The van der Waals surface area contributed by atoms with Gasteiger partial charge in [-0.1, -0.05) is 48.6 Å². The molecule has 0 unspecified atom stereocenters. The van der Waals surface area contributed by atoms with Crippen molar-refractivity contribution in [2.75, 3.05) is 12.5 Å². The average molecular weight is 883 g/mol. The molecule has 6 heterocycles. The van der Waals surface area contributed by atoms with Crippen LogP contribution in [0.15, 0.2) is 120 Å². The van der Waals surface area contributed by atoms with Crippen molar-refractivity contribution < 1.29 is 0 Å². The predicted molar refractivity (Wildman–Crippen MR) is 263 cm³/mol. The zero-order chi connectivity index (χ0) is 44.2. The Labute approximate surface area is 384 Å². The molecule has 8 aromatic rings. The first kappa shape index (κ1) is 43.0. The van der Waals surface area contributed by atoms with Crippen LogP contribution in [0.3, 0.4) is 0 Å². The Balaban J connectivity index is 0.000000162. The van der Waals surface area contributed by atoms with Gasteiger partial charge in [-0.15, -0.1) is 23.5 Å². The molecule has 2 aliphatic heterocycles. The highest BCUT2D eigenvalue weighted by Crippen LogP contribution is 2.35.